The van der Waals surface area contributed by atoms with Gasteiger partial charge >= 0.3 is 0 Å². The molecule has 2 aromatic rings. The van der Waals surface area contributed by atoms with Crippen molar-refractivity contribution in [2.75, 3.05) is 55.7 Å². The van der Waals surface area contributed by atoms with Crippen LogP contribution in [0, 0.1) is 5.82 Å². The maximum atomic E-state index is 13.9. The van der Waals surface area contributed by atoms with Crippen LogP contribution in [-0.2, 0) is 26.2 Å². The second-order valence-electron chi connectivity index (χ2n) is 12.5. The van der Waals surface area contributed by atoms with Gasteiger partial charge in [0.15, 0.2) is 0 Å². The number of nitrogens with zero attached hydrogens (tertiary/aromatic N) is 4. The smallest absolute Gasteiger partial charge is 0.241 e. The van der Waals surface area contributed by atoms with Gasteiger partial charge in [-0.2, -0.15) is 0 Å². The summed E-state index contributed by atoms with van der Waals surface area (Å²) in [6, 6.07) is 9.34. The van der Waals surface area contributed by atoms with E-state index in [0.29, 0.717) is 37.1 Å². The Labute approximate surface area is 232 Å². The highest BCUT2D eigenvalue weighted by Crippen LogP contribution is 2.39. The summed E-state index contributed by atoms with van der Waals surface area (Å²) in [5, 5.41) is 3.59. The number of pyridine rings is 1. The van der Waals surface area contributed by atoms with Crippen LogP contribution >= 0.6 is 0 Å². The van der Waals surface area contributed by atoms with Crippen molar-refractivity contribution in [2.45, 2.75) is 57.7 Å². The van der Waals surface area contributed by atoms with Crippen molar-refractivity contribution >= 4 is 27.0 Å². The van der Waals surface area contributed by atoms with Gasteiger partial charge in [0, 0.05) is 74.0 Å². The van der Waals surface area contributed by atoms with Crippen LogP contribution in [0.3, 0.4) is 0 Å². The van der Waals surface area contributed by atoms with E-state index >= 15 is 0 Å². The van der Waals surface area contributed by atoms with Gasteiger partial charge in [0.2, 0.25) is 5.91 Å². The number of piperazine rings is 1. The fraction of sp³-hybridized carbons (Fsp3) is 0.567. The Morgan fingerprint density at radius 1 is 1.21 bits per heavy atom. The number of hydrogen-bond acceptors (Lipinski definition) is 6. The normalized spacial score (nSPS) is 29.4. The highest BCUT2D eigenvalue weighted by Gasteiger charge is 2.41. The van der Waals surface area contributed by atoms with E-state index in [4.69, 9.17) is 4.98 Å². The molecule has 4 atom stereocenters. The second kappa shape index (κ2) is 10.9. The molecule has 0 bridgehead atoms. The summed E-state index contributed by atoms with van der Waals surface area (Å²) < 4.78 is 25.9. The molecule has 4 heterocycles. The number of rotatable bonds is 6. The topological polar surface area (TPSA) is 68.8 Å². The van der Waals surface area contributed by atoms with Crippen LogP contribution in [0.15, 0.2) is 36.5 Å². The maximum Gasteiger partial charge on any atom is 0.241 e. The van der Waals surface area contributed by atoms with Crippen LogP contribution < -0.4 is 10.2 Å². The van der Waals surface area contributed by atoms with Crippen molar-refractivity contribution in [2.24, 2.45) is 0 Å². The van der Waals surface area contributed by atoms with Crippen LogP contribution in [0.5, 0.6) is 0 Å². The molecule has 3 aliphatic rings. The first-order chi connectivity index (χ1) is 18.4. The molecule has 3 aliphatic heterocycles. The molecule has 1 N–H and O–H groups in total. The minimum atomic E-state index is -1.98. The average Bonchev–Trinajstić information content (AvgIpc) is 3.13. The lowest BCUT2D eigenvalue weighted by atomic mass is 9.91. The van der Waals surface area contributed by atoms with E-state index in [1.807, 2.05) is 11.1 Å². The van der Waals surface area contributed by atoms with Gasteiger partial charge < -0.3 is 10.2 Å². The van der Waals surface area contributed by atoms with Gasteiger partial charge in [-0.15, -0.1) is 0 Å². The lowest BCUT2D eigenvalue weighted by Gasteiger charge is -2.44. The van der Waals surface area contributed by atoms with Gasteiger partial charge in [0.1, 0.15) is 5.82 Å². The third-order valence-electron chi connectivity index (χ3n) is 8.46. The molecule has 1 amide bonds. The van der Waals surface area contributed by atoms with Crippen LogP contribution in [0.2, 0.25) is 0 Å². The highest BCUT2D eigenvalue weighted by atomic mass is 32.2. The minimum Gasteiger partial charge on any atom is -0.311 e. The van der Waals surface area contributed by atoms with Gasteiger partial charge in [0.25, 0.3) is 0 Å². The van der Waals surface area contributed by atoms with Gasteiger partial charge in [0.05, 0.1) is 17.9 Å². The van der Waals surface area contributed by atoms with Gasteiger partial charge in [-0.05, 0) is 65.0 Å². The molecule has 212 valence electrons. The lowest BCUT2D eigenvalue weighted by Crippen LogP contribution is -2.62. The average molecular weight is 556 g/mol. The van der Waals surface area contributed by atoms with Crippen molar-refractivity contribution in [3.05, 3.63) is 59.2 Å². The maximum absolute atomic E-state index is 13.9. The van der Waals surface area contributed by atoms with E-state index in [0.717, 1.165) is 48.7 Å². The van der Waals surface area contributed by atoms with E-state index in [2.05, 4.69) is 54.7 Å². The Balaban J connectivity index is 1.32. The molecule has 7 nitrogen and oxygen atoms in total. The third-order valence-corrected chi connectivity index (χ3v) is 10.5. The van der Waals surface area contributed by atoms with Gasteiger partial charge in [-0.1, -0.05) is 26.0 Å². The molecule has 39 heavy (non-hydrogen) atoms. The SMILES string of the molecule is C=S1(=O)CCN(C[C@H]2CN[C@H](C)CN2CC(=O)N2CC(C)(C)c3ncc(Cc4ccc(F)cc4)cc32)C(C)C1. The molecule has 5 rings (SSSR count). The number of nitrogens with one attached hydrogen (secondary N) is 1. The van der Waals surface area contributed by atoms with Gasteiger partial charge in [-0.25, -0.2) is 4.39 Å². The predicted octanol–water partition coefficient (Wildman–Crippen LogP) is 2.52. The Morgan fingerprint density at radius 3 is 2.67 bits per heavy atom. The third kappa shape index (κ3) is 6.37. The molecule has 2 unspecified atom stereocenters. The van der Waals surface area contributed by atoms with E-state index in [1.54, 1.807) is 12.1 Å². The first-order valence-corrected chi connectivity index (χ1v) is 16.0. The number of carbonyl (C=O) groups is 1. The Morgan fingerprint density at radius 2 is 1.95 bits per heavy atom. The van der Waals surface area contributed by atoms with Crippen LogP contribution in [0.25, 0.3) is 0 Å². The molecule has 1 aromatic heterocycles. The lowest BCUT2D eigenvalue weighted by molar-refractivity contribution is -0.120. The number of fused-ring (bicyclic) bond motifs is 1. The Kier molecular flexibility index (Phi) is 7.90. The van der Waals surface area contributed by atoms with E-state index < -0.39 is 9.52 Å². The number of benzene rings is 1. The van der Waals surface area contributed by atoms with Crippen LogP contribution in [0.4, 0.5) is 10.1 Å². The number of anilines is 1. The molecule has 0 radical (unpaired) electrons. The minimum absolute atomic E-state index is 0.0918. The Hall–Kier alpha value is -2.33. The predicted molar refractivity (Wildman–Crippen MR) is 158 cm³/mol. The molecule has 0 aliphatic carbocycles. The van der Waals surface area contributed by atoms with Crippen molar-refractivity contribution in [3.8, 4) is 0 Å². The van der Waals surface area contributed by atoms with E-state index in [-0.39, 0.29) is 29.2 Å². The fourth-order valence-corrected chi connectivity index (χ4v) is 8.10. The summed E-state index contributed by atoms with van der Waals surface area (Å²) in [6.07, 6.45) is 2.52. The summed E-state index contributed by atoms with van der Waals surface area (Å²) in [6.45, 7) is 12.8. The Bertz CT molecular complexity index is 1310. The van der Waals surface area contributed by atoms with Crippen LogP contribution in [-0.4, -0.2) is 99.7 Å². The first kappa shape index (κ1) is 28.2. The van der Waals surface area contributed by atoms with Crippen molar-refractivity contribution in [1.82, 2.24) is 20.1 Å². The zero-order valence-corrected chi connectivity index (χ0v) is 24.5. The largest absolute Gasteiger partial charge is 0.311 e. The monoisotopic (exact) mass is 555 g/mol. The molecule has 2 fully saturated rings. The summed E-state index contributed by atoms with van der Waals surface area (Å²) in [5.41, 5.74) is 3.61. The standard InChI is InChI=1S/C30H42FN5O2S/c1-21-16-35(26(15-32-21)17-34-10-11-39(5,38)19-22(34)2)18-28(37)36-20-30(3,4)29-27(36)13-24(14-33-29)12-23-6-8-25(31)9-7-23/h6-9,13-14,21-22,26,32H,5,10-12,15-20H2,1-4H3/t21-,22?,26-,39?/m1/s1. The molecule has 9 heteroatoms. The number of amides is 1. The summed E-state index contributed by atoms with van der Waals surface area (Å²) in [7, 11) is -1.98. The quantitative estimate of drug-likeness (QED) is 0.553. The molecular weight excluding hydrogens is 513 g/mol. The second-order valence-corrected chi connectivity index (χ2v) is 15.1. The van der Waals surface area contributed by atoms with Gasteiger partial charge in [-0.3, -0.25) is 23.8 Å². The number of aromatic nitrogens is 1. The summed E-state index contributed by atoms with van der Waals surface area (Å²) >= 11 is 0. The molecule has 1 aromatic carbocycles. The van der Waals surface area contributed by atoms with Crippen molar-refractivity contribution in [1.29, 1.82) is 0 Å². The number of hydrogen-bond donors (Lipinski definition) is 1. The summed E-state index contributed by atoms with van der Waals surface area (Å²) in [4.78, 5) is 25.4. The van der Waals surface area contributed by atoms with Crippen molar-refractivity contribution in [3.63, 3.8) is 0 Å². The fourth-order valence-electron chi connectivity index (χ4n) is 6.27. The highest BCUT2D eigenvalue weighted by molar-refractivity contribution is 8.00. The van der Waals surface area contributed by atoms with Crippen molar-refractivity contribution < 1.29 is 13.4 Å². The number of carbonyl (C=O) groups excluding carboxylic acids is 1. The molecule has 0 saturated carbocycles. The van der Waals surface area contributed by atoms with E-state index in [1.165, 1.54) is 12.1 Å². The number of halogens is 1. The first-order valence-electron chi connectivity index (χ1n) is 14.0. The molecular formula is C30H42FN5O2S. The molecule has 2 saturated heterocycles. The zero-order chi connectivity index (χ0) is 27.9. The molecule has 0 spiro atoms. The van der Waals surface area contributed by atoms with Crippen LogP contribution in [0.1, 0.15) is 44.5 Å². The summed E-state index contributed by atoms with van der Waals surface area (Å²) in [5.74, 6) is 5.06. The van der Waals surface area contributed by atoms with E-state index in [9.17, 15) is 13.4 Å². The zero-order valence-electron chi connectivity index (χ0n) is 23.7.